The highest BCUT2D eigenvalue weighted by molar-refractivity contribution is 9.10. The van der Waals surface area contributed by atoms with Crippen LogP contribution in [0.3, 0.4) is 0 Å². The summed E-state index contributed by atoms with van der Waals surface area (Å²) >= 11 is 3.31. The Kier molecular flexibility index (Phi) is 2.97. The van der Waals surface area contributed by atoms with Crippen molar-refractivity contribution >= 4 is 21.6 Å². The largest absolute Gasteiger partial charge is 0.294 e. The van der Waals surface area contributed by atoms with Gasteiger partial charge < -0.3 is 0 Å². The van der Waals surface area contributed by atoms with E-state index in [1.54, 1.807) is 16.8 Å². The van der Waals surface area contributed by atoms with Gasteiger partial charge in [-0.25, -0.2) is 4.68 Å². The molecule has 1 aromatic heterocycles. The number of halogens is 1. The molecule has 2 aromatic rings. The van der Waals surface area contributed by atoms with Crippen LogP contribution in [0.25, 0.3) is 5.69 Å². The topological polar surface area (TPSA) is 61.0 Å². The molecule has 0 bridgehead atoms. The van der Waals surface area contributed by atoms with Crippen molar-refractivity contribution in [2.24, 2.45) is 0 Å². The SMILES string of the molecule is Cc1cc(C)n(-c2cc(Br)ccc2[N+](=O)[O-])n1. The van der Waals surface area contributed by atoms with Crippen molar-refractivity contribution in [3.8, 4) is 5.69 Å². The molecule has 1 heterocycles. The van der Waals surface area contributed by atoms with E-state index in [0.29, 0.717) is 5.69 Å². The molecule has 88 valence electrons. The maximum Gasteiger partial charge on any atom is 0.294 e. The molecule has 0 spiro atoms. The Morgan fingerprint density at radius 3 is 2.59 bits per heavy atom. The summed E-state index contributed by atoms with van der Waals surface area (Å²) < 4.78 is 2.36. The summed E-state index contributed by atoms with van der Waals surface area (Å²) in [6, 6.07) is 6.69. The van der Waals surface area contributed by atoms with Gasteiger partial charge in [-0.2, -0.15) is 5.10 Å². The minimum absolute atomic E-state index is 0.0411. The molecule has 1 aromatic carbocycles. The Hall–Kier alpha value is -1.69. The molecule has 17 heavy (non-hydrogen) atoms. The lowest BCUT2D eigenvalue weighted by Gasteiger charge is -2.05. The first-order valence-electron chi connectivity index (χ1n) is 4.96. The number of nitro groups is 1. The van der Waals surface area contributed by atoms with Gasteiger partial charge in [-0.1, -0.05) is 15.9 Å². The van der Waals surface area contributed by atoms with Crippen LogP contribution in [0.4, 0.5) is 5.69 Å². The van der Waals surface area contributed by atoms with Gasteiger partial charge in [0.1, 0.15) is 5.69 Å². The molecule has 0 aliphatic carbocycles. The average Bonchev–Trinajstić information content (AvgIpc) is 2.57. The molecule has 0 radical (unpaired) electrons. The average molecular weight is 296 g/mol. The molecule has 2 rings (SSSR count). The fourth-order valence-corrected chi connectivity index (χ4v) is 2.04. The number of benzene rings is 1. The molecule has 5 nitrogen and oxygen atoms in total. The molecule has 0 amide bonds. The molecule has 0 aliphatic heterocycles. The van der Waals surface area contributed by atoms with E-state index < -0.39 is 4.92 Å². The quantitative estimate of drug-likeness (QED) is 0.631. The molecular weight excluding hydrogens is 286 g/mol. The minimum atomic E-state index is -0.405. The van der Waals surface area contributed by atoms with E-state index in [1.165, 1.54) is 6.07 Å². The summed E-state index contributed by atoms with van der Waals surface area (Å²) in [5, 5.41) is 15.2. The molecule has 0 saturated heterocycles. The van der Waals surface area contributed by atoms with E-state index >= 15 is 0 Å². The number of hydrogen-bond acceptors (Lipinski definition) is 3. The van der Waals surface area contributed by atoms with Crippen molar-refractivity contribution in [3.05, 3.63) is 50.2 Å². The van der Waals surface area contributed by atoms with Crippen LogP contribution in [0.15, 0.2) is 28.7 Å². The lowest BCUT2D eigenvalue weighted by molar-refractivity contribution is -0.384. The van der Waals surface area contributed by atoms with E-state index in [2.05, 4.69) is 21.0 Å². The van der Waals surface area contributed by atoms with Gasteiger partial charge in [0.15, 0.2) is 0 Å². The minimum Gasteiger partial charge on any atom is -0.258 e. The molecule has 0 atom stereocenters. The van der Waals surface area contributed by atoms with Crippen LogP contribution >= 0.6 is 15.9 Å². The predicted octanol–water partition coefficient (Wildman–Crippen LogP) is 3.16. The van der Waals surface area contributed by atoms with E-state index in [4.69, 9.17) is 0 Å². The maximum absolute atomic E-state index is 11.0. The van der Waals surface area contributed by atoms with Crippen LogP contribution in [-0.2, 0) is 0 Å². The van der Waals surface area contributed by atoms with Gasteiger partial charge in [-0.15, -0.1) is 0 Å². The van der Waals surface area contributed by atoms with Crippen LogP contribution in [-0.4, -0.2) is 14.7 Å². The summed E-state index contributed by atoms with van der Waals surface area (Å²) in [7, 11) is 0. The van der Waals surface area contributed by atoms with Gasteiger partial charge in [-0.3, -0.25) is 10.1 Å². The summed E-state index contributed by atoms with van der Waals surface area (Å²) in [5.74, 6) is 0. The van der Waals surface area contributed by atoms with Crippen LogP contribution in [0.2, 0.25) is 0 Å². The Morgan fingerprint density at radius 1 is 1.35 bits per heavy atom. The first kappa shape index (κ1) is 11.8. The summed E-state index contributed by atoms with van der Waals surface area (Å²) in [5.41, 5.74) is 2.20. The third-order valence-corrected chi connectivity index (χ3v) is 2.87. The summed E-state index contributed by atoms with van der Waals surface area (Å²) in [4.78, 5) is 10.6. The van der Waals surface area contributed by atoms with Crippen molar-refractivity contribution in [2.45, 2.75) is 13.8 Å². The highest BCUT2D eigenvalue weighted by Crippen LogP contribution is 2.27. The summed E-state index contributed by atoms with van der Waals surface area (Å²) in [6.45, 7) is 3.72. The Morgan fingerprint density at radius 2 is 2.06 bits per heavy atom. The zero-order valence-electron chi connectivity index (χ0n) is 9.35. The monoisotopic (exact) mass is 295 g/mol. The standard InChI is InChI=1S/C11H10BrN3O2/c1-7-5-8(2)14(13-7)11-6-9(12)3-4-10(11)15(16)17/h3-6H,1-2H3. The van der Waals surface area contributed by atoms with Gasteiger partial charge in [0.2, 0.25) is 0 Å². The predicted molar refractivity (Wildman–Crippen MR) is 67.4 cm³/mol. The van der Waals surface area contributed by atoms with Crippen LogP contribution in [0, 0.1) is 24.0 Å². The van der Waals surface area contributed by atoms with Gasteiger partial charge in [0.25, 0.3) is 5.69 Å². The number of aromatic nitrogens is 2. The fraction of sp³-hybridized carbons (Fsp3) is 0.182. The van der Waals surface area contributed by atoms with Crippen molar-refractivity contribution < 1.29 is 4.92 Å². The van der Waals surface area contributed by atoms with E-state index in [0.717, 1.165) is 15.9 Å². The number of rotatable bonds is 2. The molecular formula is C11H10BrN3O2. The molecule has 0 saturated carbocycles. The second kappa shape index (κ2) is 4.29. The normalized spacial score (nSPS) is 10.5. The number of nitrogens with zero attached hydrogens (tertiary/aromatic N) is 3. The maximum atomic E-state index is 11.0. The summed E-state index contributed by atoms with van der Waals surface area (Å²) in [6.07, 6.45) is 0. The Bertz CT molecular complexity index is 592. The van der Waals surface area contributed by atoms with Crippen LogP contribution in [0.5, 0.6) is 0 Å². The third-order valence-electron chi connectivity index (χ3n) is 2.37. The van der Waals surface area contributed by atoms with Crippen molar-refractivity contribution in [1.82, 2.24) is 9.78 Å². The zero-order chi connectivity index (χ0) is 12.6. The first-order valence-corrected chi connectivity index (χ1v) is 5.76. The van der Waals surface area contributed by atoms with Gasteiger partial charge >= 0.3 is 0 Å². The smallest absolute Gasteiger partial charge is 0.258 e. The highest BCUT2D eigenvalue weighted by atomic mass is 79.9. The lowest BCUT2D eigenvalue weighted by atomic mass is 10.2. The Labute approximate surface area is 106 Å². The number of nitro benzene ring substituents is 1. The third kappa shape index (κ3) is 2.21. The van der Waals surface area contributed by atoms with Gasteiger partial charge in [0.05, 0.1) is 10.6 Å². The second-order valence-electron chi connectivity index (χ2n) is 3.73. The van der Waals surface area contributed by atoms with E-state index in [9.17, 15) is 10.1 Å². The van der Waals surface area contributed by atoms with Crippen LogP contribution in [0.1, 0.15) is 11.4 Å². The Balaban J connectivity index is 2.69. The number of hydrogen-bond donors (Lipinski definition) is 0. The molecule has 0 unspecified atom stereocenters. The second-order valence-corrected chi connectivity index (χ2v) is 4.64. The van der Waals surface area contributed by atoms with Crippen molar-refractivity contribution in [1.29, 1.82) is 0 Å². The van der Waals surface area contributed by atoms with E-state index in [-0.39, 0.29) is 5.69 Å². The number of aryl methyl sites for hydroxylation is 2. The molecule has 0 aliphatic rings. The van der Waals surface area contributed by atoms with Crippen molar-refractivity contribution in [3.63, 3.8) is 0 Å². The highest BCUT2D eigenvalue weighted by Gasteiger charge is 2.17. The van der Waals surface area contributed by atoms with Gasteiger partial charge in [-0.05, 0) is 32.0 Å². The fourth-order valence-electron chi connectivity index (χ4n) is 1.69. The first-order chi connectivity index (χ1) is 7.99. The molecule has 0 N–H and O–H groups in total. The lowest BCUT2D eigenvalue weighted by Crippen LogP contribution is -2.03. The zero-order valence-corrected chi connectivity index (χ0v) is 10.9. The molecule has 0 fully saturated rings. The van der Waals surface area contributed by atoms with Crippen molar-refractivity contribution in [2.75, 3.05) is 0 Å². The van der Waals surface area contributed by atoms with E-state index in [1.807, 2.05) is 19.9 Å². The molecule has 6 heteroatoms. The van der Waals surface area contributed by atoms with Crippen LogP contribution < -0.4 is 0 Å². The van der Waals surface area contributed by atoms with Gasteiger partial charge in [0, 0.05) is 16.2 Å².